The molecule has 5 heteroatoms. The maximum absolute atomic E-state index is 11.3. The number of fused-ring (bicyclic) bond motifs is 1. The van der Waals surface area contributed by atoms with Crippen LogP contribution < -0.4 is 0 Å². The molecule has 0 aliphatic rings. The van der Waals surface area contributed by atoms with Gasteiger partial charge in [0.05, 0.1) is 22.9 Å². The third-order valence-corrected chi connectivity index (χ3v) is 2.92. The lowest BCUT2D eigenvalue weighted by molar-refractivity contribution is 0.0603. The number of methoxy groups -OCH3 is 1. The number of hydrogen-bond acceptors (Lipinski definition) is 4. The lowest BCUT2D eigenvalue weighted by Crippen LogP contribution is -2.01. The average molecular weight is 228 g/mol. The summed E-state index contributed by atoms with van der Waals surface area (Å²) in [5, 5.41) is 0. The van der Waals surface area contributed by atoms with Crippen LogP contribution in [-0.4, -0.2) is 18.1 Å². The van der Waals surface area contributed by atoms with E-state index in [1.54, 1.807) is 12.1 Å². The van der Waals surface area contributed by atoms with E-state index in [1.165, 1.54) is 18.4 Å². The summed E-state index contributed by atoms with van der Waals surface area (Å²) < 4.78 is 5.95. The van der Waals surface area contributed by atoms with Gasteiger partial charge in [-0.3, -0.25) is 0 Å². The highest BCUT2D eigenvalue weighted by molar-refractivity contribution is 7.22. The Labute approximate surface area is 89.3 Å². The largest absolute Gasteiger partial charge is 0.465 e. The SMILES string of the molecule is COC(=O)c1cccc2sc(Cl)nc12. The van der Waals surface area contributed by atoms with Crippen molar-refractivity contribution in [3.63, 3.8) is 0 Å². The molecule has 1 aromatic carbocycles. The minimum Gasteiger partial charge on any atom is -0.465 e. The van der Waals surface area contributed by atoms with Crippen LogP contribution in [0.15, 0.2) is 18.2 Å². The van der Waals surface area contributed by atoms with E-state index in [9.17, 15) is 4.79 Å². The summed E-state index contributed by atoms with van der Waals surface area (Å²) in [5.41, 5.74) is 1.06. The average Bonchev–Trinajstić information content (AvgIpc) is 2.56. The standard InChI is InChI=1S/C9H6ClNO2S/c1-13-8(12)5-3-2-4-6-7(5)11-9(10)14-6/h2-4H,1H3. The molecule has 0 atom stereocenters. The van der Waals surface area contributed by atoms with Gasteiger partial charge in [-0.2, -0.15) is 0 Å². The van der Waals surface area contributed by atoms with Gasteiger partial charge in [0, 0.05) is 0 Å². The van der Waals surface area contributed by atoms with Gasteiger partial charge < -0.3 is 4.74 Å². The van der Waals surface area contributed by atoms with Crippen LogP contribution in [0.3, 0.4) is 0 Å². The first kappa shape index (κ1) is 9.43. The fourth-order valence-corrected chi connectivity index (χ4v) is 2.25. The summed E-state index contributed by atoms with van der Waals surface area (Å²) in [6.07, 6.45) is 0. The number of carbonyl (C=O) groups is 1. The molecule has 0 N–H and O–H groups in total. The monoisotopic (exact) mass is 227 g/mol. The van der Waals surface area contributed by atoms with Gasteiger partial charge in [0.2, 0.25) is 0 Å². The Morgan fingerprint density at radius 3 is 3.07 bits per heavy atom. The molecule has 0 bridgehead atoms. The van der Waals surface area contributed by atoms with E-state index < -0.39 is 5.97 Å². The predicted molar refractivity (Wildman–Crippen MR) is 56.0 cm³/mol. The smallest absolute Gasteiger partial charge is 0.340 e. The van der Waals surface area contributed by atoms with E-state index in [0.717, 1.165) is 4.70 Å². The second-order valence-electron chi connectivity index (χ2n) is 2.61. The fourth-order valence-electron chi connectivity index (χ4n) is 1.20. The van der Waals surface area contributed by atoms with Crippen LogP contribution in [0.1, 0.15) is 10.4 Å². The van der Waals surface area contributed by atoms with Crippen LogP contribution in [0.25, 0.3) is 10.2 Å². The number of benzene rings is 1. The van der Waals surface area contributed by atoms with E-state index >= 15 is 0 Å². The molecule has 0 aliphatic heterocycles. The minimum absolute atomic E-state index is 0.391. The van der Waals surface area contributed by atoms with Gasteiger partial charge in [0.25, 0.3) is 0 Å². The molecule has 1 heterocycles. The molecule has 0 unspecified atom stereocenters. The summed E-state index contributed by atoms with van der Waals surface area (Å²) >= 11 is 7.10. The highest BCUT2D eigenvalue weighted by atomic mass is 35.5. The minimum atomic E-state index is -0.391. The highest BCUT2D eigenvalue weighted by Crippen LogP contribution is 2.28. The molecule has 0 aliphatic carbocycles. The molecule has 2 aromatic rings. The molecular weight excluding hydrogens is 222 g/mol. The van der Waals surface area contributed by atoms with Gasteiger partial charge in [-0.25, -0.2) is 9.78 Å². The zero-order valence-electron chi connectivity index (χ0n) is 7.28. The van der Waals surface area contributed by atoms with Gasteiger partial charge in [-0.1, -0.05) is 17.7 Å². The Bertz CT molecular complexity index is 495. The molecule has 3 nitrogen and oxygen atoms in total. The molecule has 2 rings (SSSR count). The van der Waals surface area contributed by atoms with E-state index in [1.807, 2.05) is 6.07 Å². The second-order valence-corrected chi connectivity index (χ2v) is 4.22. The van der Waals surface area contributed by atoms with Crippen molar-refractivity contribution in [2.75, 3.05) is 7.11 Å². The van der Waals surface area contributed by atoms with Gasteiger partial charge in [-0.15, -0.1) is 11.3 Å². The van der Waals surface area contributed by atoms with Gasteiger partial charge in [0.1, 0.15) is 0 Å². The summed E-state index contributed by atoms with van der Waals surface area (Å²) in [5.74, 6) is -0.391. The van der Waals surface area contributed by atoms with E-state index in [0.29, 0.717) is 15.5 Å². The van der Waals surface area contributed by atoms with Crippen LogP contribution in [0.5, 0.6) is 0 Å². The number of para-hydroxylation sites is 1. The molecule has 0 saturated heterocycles. The van der Waals surface area contributed by atoms with Crippen LogP contribution in [0, 0.1) is 0 Å². The fraction of sp³-hybridized carbons (Fsp3) is 0.111. The normalized spacial score (nSPS) is 10.4. The first-order valence-electron chi connectivity index (χ1n) is 3.85. The van der Waals surface area contributed by atoms with Crippen molar-refractivity contribution in [3.05, 3.63) is 28.2 Å². The van der Waals surface area contributed by atoms with Crippen molar-refractivity contribution in [2.24, 2.45) is 0 Å². The number of thiazole rings is 1. The van der Waals surface area contributed by atoms with E-state index in [4.69, 9.17) is 11.6 Å². The molecule has 0 fully saturated rings. The number of ether oxygens (including phenoxy) is 1. The third-order valence-electron chi connectivity index (χ3n) is 1.80. The molecule has 0 spiro atoms. The van der Waals surface area contributed by atoms with Crippen molar-refractivity contribution >= 4 is 39.1 Å². The van der Waals surface area contributed by atoms with Gasteiger partial charge in [-0.05, 0) is 12.1 Å². The number of carbonyl (C=O) groups excluding carboxylic acids is 1. The maximum atomic E-state index is 11.3. The number of esters is 1. The van der Waals surface area contributed by atoms with Crippen molar-refractivity contribution in [2.45, 2.75) is 0 Å². The third kappa shape index (κ3) is 1.47. The molecular formula is C9H6ClNO2S. The van der Waals surface area contributed by atoms with E-state index in [2.05, 4.69) is 9.72 Å². The lowest BCUT2D eigenvalue weighted by Gasteiger charge is -1.98. The van der Waals surface area contributed by atoms with E-state index in [-0.39, 0.29) is 0 Å². The second kappa shape index (κ2) is 3.55. The first-order valence-corrected chi connectivity index (χ1v) is 5.05. The van der Waals surface area contributed by atoms with Crippen LogP contribution in [0.2, 0.25) is 4.47 Å². The Hall–Kier alpha value is -1.13. The number of halogens is 1. The number of rotatable bonds is 1. The topological polar surface area (TPSA) is 39.2 Å². The Morgan fingerprint density at radius 2 is 2.36 bits per heavy atom. The lowest BCUT2D eigenvalue weighted by atomic mass is 10.2. The van der Waals surface area contributed by atoms with Gasteiger partial charge >= 0.3 is 5.97 Å². The Morgan fingerprint density at radius 1 is 1.57 bits per heavy atom. The van der Waals surface area contributed by atoms with Crippen molar-refractivity contribution in [1.82, 2.24) is 4.98 Å². The summed E-state index contributed by atoms with van der Waals surface area (Å²) in [7, 11) is 1.34. The number of nitrogens with zero attached hydrogens (tertiary/aromatic N) is 1. The molecule has 1 aromatic heterocycles. The Kier molecular flexibility index (Phi) is 2.39. The molecule has 0 saturated carbocycles. The van der Waals surface area contributed by atoms with Crippen molar-refractivity contribution < 1.29 is 9.53 Å². The number of aromatic nitrogens is 1. The quantitative estimate of drug-likeness (QED) is 0.704. The highest BCUT2D eigenvalue weighted by Gasteiger charge is 2.13. The van der Waals surface area contributed by atoms with Crippen molar-refractivity contribution in [1.29, 1.82) is 0 Å². The molecule has 14 heavy (non-hydrogen) atoms. The zero-order valence-corrected chi connectivity index (χ0v) is 8.85. The van der Waals surface area contributed by atoms with Crippen LogP contribution >= 0.6 is 22.9 Å². The molecule has 72 valence electrons. The predicted octanol–water partition coefficient (Wildman–Crippen LogP) is 2.74. The summed E-state index contributed by atoms with van der Waals surface area (Å²) in [6.45, 7) is 0. The zero-order chi connectivity index (χ0) is 10.1. The molecule has 0 amide bonds. The Balaban J connectivity index is 2.70. The van der Waals surface area contributed by atoms with Crippen LogP contribution in [-0.2, 0) is 4.74 Å². The summed E-state index contributed by atoms with van der Waals surface area (Å²) in [6, 6.07) is 5.32. The number of hydrogen-bond donors (Lipinski definition) is 0. The van der Waals surface area contributed by atoms with Crippen LogP contribution in [0.4, 0.5) is 0 Å². The van der Waals surface area contributed by atoms with Gasteiger partial charge in [0.15, 0.2) is 4.47 Å². The molecule has 0 radical (unpaired) electrons. The van der Waals surface area contributed by atoms with Crippen molar-refractivity contribution in [3.8, 4) is 0 Å². The summed E-state index contributed by atoms with van der Waals surface area (Å²) in [4.78, 5) is 15.4. The first-order chi connectivity index (χ1) is 6.72. The maximum Gasteiger partial charge on any atom is 0.340 e.